The van der Waals surface area contributed by atoms with Crippen LogP contribution in [-0.4, -0.2) is 62.3 Å². The van der Waals surface area contributed by atoms with Crippen LogP contribution >= 0.6 is 23.3 Å². The van der Waals surface area contributed by atoms with Gasteiger partial charge in [-0.05, 0) is 35.9 Å². The smallest absolute Gasteiger partial charge is 0.0882 e. The maximum Gasteiger partial charge on any atom is 0.0882 e. The summed E-state index contributed by atoms with van der Waals surface area (Å²) in [6, 6.07) is 2.22. The molecule has 0 amide bonds. The van der Waals surface area contributed by atoms with Crippen molar-refractivity contribution in [2.75, 3.05) is 53.1 Å². The monoisotopic (exact) mass is 326 g/mol. The number of hydrogen-bond donors (Lipinski definition) is 0. The summed E-state index contributed by atoms with van der Waals surface area (Å²) in [4.78, 5) is 2.48. The quantitative estimate of drug-likeness (QED) is 0.591. The third-order valence-corrected chi connectivity index (χ3v) is 5.97. The lowest BCUT2D eigenvalue weighted by Gasteiger charge is -2.34. The van der Waals surface area contributed by atoms with Crippen LogP contribution in [0.3, 0.4) is 0 Å². The molecule has 0 radical (unpaired) electrons. The van der Waals surface area contributed by atoms with Crippen molar-refractivity contribution in [1.29, 1.82) is 0 Å². The zero-order valence-electron chi connectivity index (χ0n) is 12.4. The summed E-state index contributed by atoms with van der Waals surface area (Å²) in [5, 5.41) is 2.18. The number of rotatable bonds is 6. The molecule has 0 spiro atoms. The summed E-state index contributed by atoms with van der Waals surface area (Å²) >= 11 is 3.71. The van der Waals surface area contributed by atoms with E-state index in [0.29, 0.717) is 0 Å². The number of ether oxygens (including phenoxy) is 2. The highest BCUT2D eigenvalue weighted by Crippen LogP contribution is 2.39. The van der Waals surface area contributed by atoms with Gasteiger partial charge in [0.25, 0.3) is 0 Å². The van der Waals surface area contributed by atoms with E-state index in [-0.39, 0.29) is 0 Å². The minimum Gasteiger partial charge on any atom is -0.385 e. The predicted molar refractivity (Wildman–Crippen MR) is 88.6 cm³/mol. The molecule has 0 N–H and O–H groups in total. The summed E-state index contributed by atoms with van der Waals surface area (Å²) in [5.74, 6) is 0. The maximum absolute atomic E-state index is 5.44. The molecule has 2 aliphatic heterocycles. The van der Waals surface area contributed by atoms with Crippen molar-refractivity contribution in [2.45, 2.75) is 10.6 Å². The van der Waals surface area contributed by atoms with E-state index < -0.39 is 0 Å². The van der Waals surface area contributed by atoms with Crippen LogP contribution in [0.4, 0.5) is 0 Å². The van der Waals surface area contributed by atoms with Gasteiger partial charge in [0.2, 0.25) is 0 Å². The minimum atomic E-state index is 0.819. The van der Waals surface area contributed by atoms with Crippen molar-refractivity contribution in [3.05, 3.63) is 22.7 Å². The molecule has 0 unspecified atom stereocenters. The second-order valence-corrected chi connectivity index (χ2v) is 7.43. The lowest BCUT2D eigenvalue weighted by molar-refractivity contribution is 0.0407. The van der Waals surface area contributed by atoms with Gasteiger partial charge in [0, 0.05) is 51.2 Å². The number of morpholine rings is 1. The molecule has 0 saturated carbocycles. The van der Waals surface area contributed by atoms with Crippen LogP contribution in [0.15, 0.2) is 21.4 Å². The Bertz CT molecular complexity index is 484. The van der Waals surface area contributed by atoms with Gasteiger partial charge in [-0.15, -0.1) is 11.3 Å². The number of nitrogens with zero attached hydrogens (tertiary/aromatic N) is 2. The van der Waals surface area contributed by atoms with E-state index in [1.54, 1.807) is 7.11 Å². The lowest BCUT2D eigenvalue weighted by atomic mass is 10.2. The van der Waals surface area contributed by atoms with Crippen LogP contribution in [-0.2, 0) is 9.47 Å². The van der Waals surface area contributed by atoms with Crippen molar-refractivity contribution in [3.8, 4) is 0 Å². The van der Waals surface area contributed by atoms with Crippen LogP contribution in [0.1, 0.15) is 12.0 Å². The number of thiophene rings is 1. The number of hydrogen-bond acceptors (Lipinski definition) is 6. The fourth-order valence-electron chi connectivity index (χ4n) is 2.55. The van der Waals surface area contributed by atoms with E-state index in [1.807, 2.05) is 23.3 Å². The van der Waals surface area contributed by atoms with Crippen LogP contribution < -0.4 is 0 Å². The predicted octanol–water partition coefficient (Wildman–Crippen LogP) is 2.78. The maximum atomic E-state index is 5.44. The second-order valence-electron chi connectivity index (χ2n) is 5.23. The van der Waals surface area contributed by atoms with Gasteiger partial charge in [0.1, 0.15) is 0 Å². The molecule has 1 aromatic heterocycles. The van der Waals surface area contributed by atoms with E-state index in [2.05, 4.69) is 26.7 Å². The van der Waals surface area contributed by atoms with E-state index in [9.17, 15) is 0 Å². The summed E-state index contributed by atoms with van der Waals surface area (Å²) in [5.41, 5.74) is 2.78. The highest BCUT2D eigenvalue weighted by molar-refractivity contribution is 7.99. The Kier molecular flexibility index (Phi) is 5.60. The number of fused-ring (bicyclic) bond motifs is 1. The molecule has 1 aromatic rings. The first-order valence-electron chi connectivity index (χ1n) is 7.39. The van der Waals surface area contributed by atoms with E-state index in [0.717, 1.165) is 52.4 Å². The second kappa shape index (κ2) is 7.65. The zero-order chi connectivity index (χ0) is 14.5. The Morgan fingerprint density at radius 2 is 2.19 bits per heavy atom. The molecule has 0 aliphatic carbocycles. The third kappa shape index (κ3) is 4.02. The Balaban J connectivity index is 1.68. The first-order chi connectivity index (χ1) is 10.4. The SMILES string of the molecule is COCCCN1Sc2sccc2C=C1CN1CCOCC1. The molecule has 3 rings (SSSR count). The van der Waals surface area contributed by atoms with Gasteiger partial charge in [-0.2, -0.15) is 0 Å². The van der Waals surface area contributed by atoms with Crippen molar-refractivity contribution >= 4 is 29.4 Å². The molecule has 0 bridgehead atoms. The Morgan fingerprint density at radius 1 is 1.33 bits per heavy atom. The third-order valence-electron chi connectivity index (χ3n) is 3.69. The van der Waals surface area contributed by atoms with Gasteiger partial charge < -0.3 is 13.8 Å². The topological polar surface area (TPSA) is 24.9 Å². The van der Waals surface area contributed by atoms with Crippen molar-refractivity contribution in [2.24, 2.45) is 0 Å². The largest absolute Gasteiger partial charge is 0.385 e. The standard InChI is InChI=1S/C15H22N2O2S2/c1-18-7-2-4-17-14(12-16-5-8-19-9-6-16)11-13-3-10-20-15(13)21-17/h3,10-11H,2,4-9,12H2,1H3. The van der Waals surface area contributed by atoms with E-state index in [4.69, 9.17) is 9.47 Å². The molecule has 21 heavy (non-hydrogen) atoms. The van der Waals surface area contributed by atoms with Crippen molar-refractivity contribution < 1.29 is 9.47 Å². The van der Waals surface area contributed by atoms with Gasteiger partial charge in [0.05, 0.1) is 17.4 Å². The van der Waals surface area contributed by atoms with Crippen LogP contribution in [0, 0.1) is 0 Å². The zero-order valence-corrected chi connectivity index (χ0v) is 14.0. The molecule has 0 atom stereocenters. The average molecular weight is 326 g/mol. The number of methoxy groups -OCH3 is 1. The van der Waals surface area contributed by atoms with E-state index >= 15 is 0 Å². The first kappa shape index (κ1) is 15.4. The Labute approximate surface area is 134 Å². The van der Waals surface area contributed by atoms with E-state index in [1.165, 1.54) is 15.5 Å². The molecule has 1 saturated heterocycles. The van der Waals surface area contributed by atoms with Crippen LogP contribution in [0.5, 0.6) is 0 Å². The summed E-state index contributed by atoms with van der Waals surface area (Å²) in [7, 11) is 1.77. The summed E-state index contributed by atoms with van der Waals surface area (Å²) in [6.45, 7) is 6.64. The van der Waals surface area contributed by atoms with Gasteiger partial charge >= 0.3 is 0 Å². The molecule has 116 valence electrons. The van der Waals surface area contributed by atoms with Crippen LogP contribution in [0.25, 0.3) is 6.08 Å². The molecule has 2 aliphatic rings. The summed E-state index contributed by atoms with van der Waals surface area (Å²) in [6.07, 6.45) is 3.41. The van der Waals surface area contributed by atoms with Crippen LogP contribution in [0.2, 0.25) is 0 Å². The van der Waals surface area contributed by atoms with Crippen molar-refractivity contribution in [1.82, 2.24) is 9.21 Å². The van der Waals surface area contributed by atoms with Gasteiger partial charge in [-0.25, -0.2) is 0 Å². The molecular formula is C15H22N2O2S2. The Hall–Kier alpha value is -0.530. The highest BCUT2D eigenvalue weighted by atomic mass is 32.2. The fourth-order valence-corrected chi connectivity index (χ4v) is 4.64. The van der Waals surface area contributed by atoms with Gasteiger partial charge in [-0.3, -0.25) is 4.90 Å². The average Bonchev–Trinajstić information content (AvgIpc) is 2.96. The molecule has 1 fully saturated rings. The minimum absolute atomic E-state index is 0.819. The lowest BCUT2D eigenvalue weighted by Crippen LogP contribution is -2.39. The molecule has 3 heterocycles. The molecular weight excluding hydrogens is 304 g/mol. The Morgan fingerprint density at radius 3 is 3.00 bits per heavy atom. The first-order valence-corrected chi connectivity index (χ1v) is 9.05. The molecule has 4 nitrogen and oxygen atoms in total. The molecule has 0 aromatic carbocycles. The van der Waals surface area contributed by atoms with Crippen molar-refractivity contribution in [3.63, 3.8) is 0 Å². The fraction of sp³-hybridized carbons (Fsp3) is 0.600. The summed E-state index contributed by atoms with van der Waals surface area (Å²) < 4.78 is 14.5. The van der Waals surface area contributed by atoms with Gasteiger partial charge in [0.15, 0.2) is 0 Å². The normalized spacial score (nSPS) is 19.5. The van der Waals surface area contributed by atoms with Gasteiger partial charge in [-0.1, -0.05) is 0 Å². The highest BCUT2D eigenvalue weighted by Gasteiger charge is 2.22. The molecule has 6 heteroatoms.